The molecule has 0 aromatic carbocycles. The van der Waals surface area contributed by atoms with Gasteiger partial charge in [0.15, 0.2) is 0 Å². The molecule has 1 fully saturated rings. The topological polar surface area (TPSA) is 46.3 Å². The van der Waals surface area contributed by atoms with E-state index < -0.39 is 0 Å². The standard InChI is InChI=1S/C10H20N2O/c1-3-9(11)6-10(13)12(2)7-8-4-5-8/h8-9H,3-7,11H2,1-2H3. The SMILES string of the molecule is CCC(N)CC(=O)N(C)CC1CC1. The van der Waals surface area contributed by atoms with Gasteiger partial charge in [-0.05, 0) is 25.2 Å². The van der Waals surface area contributed by atoms with Crippen LogP contribution < -0.4 is 5.73 Å². The van der Waals surface area contributed by atoms with Crippen LogP contribution >= 0.6 is 0 Å². The monoisotopic (exact) mass is 184 g/mol. The summed E-state index contributed by atoms with van der Waals surface area (Å²) in [6, 6.07) is 0.0363. The second kappa shape index (κ2) is 4.61. The number of hydrogen-bond acceptors (Lipinski definition) is 2. The highest BCUT2D eigenvalue weighted by molar-refractivity contribution is 5.76. The third-order valence-electron chi connectivity index (χ3n) is 2.62. The lowest BCUT2D eigenvalue weighted by Crippen LogP contribution is -2.34. The molecule has 1 rings (SSSR count). The van der Waals surface area contributed by atoms with E-state index in [1.807, 2.05) is 18.9 Å². The van der Waals surface area contributed by atoms with Crippen LogP contribution in [0, 0.1) is 5.92 Å². The smallest absolute Gasteiger partial charge is 0.223 e. The van der Waals surface area contributed by atoms with Gasteiger partial charge in [0.1, 0.15) is 0 Å². The van der Waals surface area contributed by atoms with Crippen LogP contribution in [0.5, 0.6) is 0 Å². The van der Waals surface area contributed by atoms with Gasteiger partial charge in [0.2, 0.25) is 5.91 Å². The van der Waals surface area contributed by atoms with E-state index in [1.165, 1.54) is 12.8 Å². The second-order valence-electron chi connectivity index (χ2n) is 4.09. The van der Waals surface area contributed by atoms with E-state index in [0.717, 1.165) is 18.9 Å². The number of nitrogens with two attached hydrogens (primary N) is 1. The fourth-order valence-electron chi connectivity index (χ4n) is 1.31. The molecule has 1 amide bonds. The molecule has 0 radical (unpaired) electrons. The molecule has 1 atom stereocenters. The summed E-state index contributed by atoms with van der Waals surface area (Å²) in [4.78, 5) is 13.3. The number of nitrogens with zero attached hydrogens (tertiary/aromatic N) is 1. The van der Waals surface area contributed by atoms with Gasteiger partial charge in [0.25, 0.3) is 0 Å². The van der Waals surface area contributed by atoms with Crippen molar-refractivity contribution in [3.05, 3.63) is 0 Å². The van der Waals surface area contributed by atoms with Gasteiger partial charge in [-0.15, -0.1) is 0 Å². The molecule has 3 heteroatoms. The summed E-state index contributed by atoms with van der Waals surface area (Å²) in [6.45, 7) is 2.94. The maximum atomic E-state index is 11.5. The molecule has 1 unspecified atom stereocenters. The molecule has 2 N–H and O–H groups in total. The van der Waals surface area contributed by atoms with Crippen molar-refractivity contribution in [2.45, 2.75) is 38.6 Å². The van der Waals surface area contributed by atoms with Crippen LogP contribution in [0.3, 0.4) is 0 Å². The average molecular weight is 184 g/mol. The first-order chi connectivity index (χ1) is 6.13. The summed E-state index contributed by atoms with van der Waals surface area (Å²) < 4.78 is 0. The fourth-order valence-corrected chi connectivity index (χ4v) is 1.31. The second-order valence-corrected chi connectivity index (χ2v) is 4.09. The van der Waals surface area contributed by atoms with Crippen LogP contribution in [0.15, 0.2) is 0 Å². The van der Waals surface area contributed by atoms with Crippen LogP contribution in [0.4, 0.5) is 0 Å². The first-order valence-electron chi connectivity index (χ1n) is 5.13. The highest BCUT2D eigenvalue weighted by atomic mass is 16.2. The van der Waals surface area contributed by atoms with Crippen LogP contribution in [-0.2, 0) is 4.79 Å². The molecule has 13 heavy (non-hydrogen) atoms. The first-order valence-corrected chi connectivity index (χ1v) is 5.13. The van der Waals surface area contributed by atoms with Crippen molar-refractivity contribution in [3.63, 3.8) is 0 Å². The summed E-state index contributed by atoms with van der Waals surface area (Å²) >= 11 is 0. The molecular weight excluding hydrogens is 164 g/mol. The molecule has 0 aromatic rings. The molecule has 0 spiro atoms. The Morgan fingerprint density at radius 2 is 2.23 bits per heavy atom. The zero-order valence-corrected chi connectivity index (χ0v) is 8.62. The molecule has 0 bridgehead atoms. The highest BCUT2D eigenvalue weighted by Crippen LogP contribution is 2.29. The van der Waals surface area contributed by atoms with Gasteiger partial charge >= 0.3 is 0 Å². The van der Waals surface area contributed by atoms with Crippen molar-refractivity contribution in [1.82, 2.24) is 4.90 Å². The summed E-state index contributed by atoms with van der Waals surface area (Å²) in [6.07, 6.45) is 3.96. The molecule has 76 valence electrons. The molecule has 0 aliphatic heterocycles. The molecule has 3 nitrogen and oxygen atoms in total. The van der Waals surface area contributed by atoms with Gasteiger partial charge < -0.3 is 10.6 Å². The van der Waals surface area contributed by atoms with Crippen molar-refractivity contribution in [2.75, 3.05) is 13.6 Å². The zero-order chi connectivity index (χ0) is 9.84. The Labute approximate surface area is 80.3 Å². The van der Waals surface area contributed by atoms with Gasteiger partial charge in [-0.1, -0.05) is 6.92 Å². The van der Waals surface area contributed by atoms with Gasteiger partial charge in [-0.2, -0.15) is 0 Å². The van der Waals surface area contributed by atoms with E-state index in [9.17, 15) is 4.79 Å². The van der Waals surface area contributed by atoms with Crippen LogP contribution in [0.25, 0.3) is 0 Å². The number of carbonyl (C=O) groups excluding carboxylic acids is 1. The molecule has 0 aromatic heterocycles. The number of hydrogen-bond donors (Lipinski definition) is 1. The van der Waals surface area contributed by atoms with Crippen molar-refractivity contribution in [3.8, 4) is 0 Å². The summed E-state index contributed by atoms with van der Waals surface area (Å²) in [7, 11) is 1.88. The van der Waals surface area contributed by atoms with Gasteiger partial charge in [-0.3, -0.25) is 4.79 Å². The van der Waals surface area contributed by atoms with Gasteiger partial charge in [0.05, 0.1) is 0 Å². The molecule has 1 aliphatic carbocycles. The molecule has 0 saturated heterocycles. The minimum absolute atomic E-state index is 0.0363. The Kier molecular flexibility index (Phi) is 3.72. The minimum atomic E-state index is 0.0363. The zero-order valence-electron chi connectivity index (χ0n) is 8.62. The normalized spacial score (nSPS) is 18.4. The molecular formula is C10H20N2O. The fraction of sp³-hybridized carbons (Fsp3) is 0.900. The van der Waals surface area contributed by atoms with Gasteiger partial charge in [0, 0.05) is 26.1 Å². The van der Waals surface area contributed by atoms with Crippen LogP contribution in [0.1, 0.15) is 32.6 Å². The Morgan fingerprint density at radius 3 is 2.69 bits per heavy atom. The first kappa shape index (κ1) is 10.5. The lowest BCUT2D eigenvalue weighted by Gasteiger charge is -2.18. The van der Waals surface area contributed by atoms with E-state index in [1.54, 1.807) is 0 Å². The van der Waals surface area contributed by atoms with Crippen molar-refractivity contribution in [2.24, 2.45) is 11.7 Å². The Bertz CT molecular complexity index is 178. The van der Waals surface area contributed by atoms with Crippen molar-refractivity contribution in [1.29, 1.82) is 0 Å². The van der Waals surface area contributed by atoms with E-state index in [4.69, 9.17) is 5.73 Å². The third kappa shape index (κ3) is 3.77. The summed E-state index contributed by atoms with van der Waals surface area (Å²) in [5.41, 5.74) is 5.71. The minimum Gasteiger partial charge on any atom is -0.345 e. The van der Waals surface area contributed by atoms with E-state index in [2.05, 4.69) is 0 Å². The van der Waals surface area contributed by atoms with E-state index in [0.29, 0.717) is 6.42 Å². The Hall–Kier alpha value is -0.570. The Morgan fingerprint density at radius 1 is 1.62 bits per heavy atom. The number of rotatable bonds is 5. The molecule has 0 heterocycles. The maximum Gasteiger partial charge on any atom is 0.223 e. The highest BCUT2D eigenvalue weighted by Gasteiger charge is 2.24. The predicted molar refractivity (Wildman–Crippen MR) is 53.2 cm³/mol. The predicted octanol–water partition coefficient (Wildman–Crippen LogP) is 0.982. The maximum absolute atomic E-state index is 11.5. The lowest BCUT2D eigenvalue weighted by molar-refractivity contribution is -0.130. The Balaban J connectivity index is 2.20. The number of amides is 1. The lowest BCUT2D eigenvalue weighted by atomic mass is 10.1. The van der Waals surface area contributed by atoms with E-state index >= 15 is 0 Å². The molecule has 1 saturated carbocycles. The summed E-state index contributed by atoms with van der Waals surface area (Å²) in [5, 5.41) is 0. The number of carbonyl (C=O) groups is 1. The van der Waals surface area contributed by atoms with Crippen LogP contribution in [-0.4, -0.2) is 30.4 Å². The van der Waals surface area contributed by atoms with Crippen molar-refractivity contribution >= 4 is 5.91 Å². The quantitative estimate of drug-likeness (QED) is 0.692. The van der Waals surface area contributed by atoms with E-state index in [-0.39, 0.29) is 11.9 Å². The van der Waals surface area contributed by atoms with Gasteiger partial charge in [-0.25, -0.2) is 0 Å². The summed E-state index contributed by atoms with van der Waals surface area (Å²) in [5.74, 6) is 0.966. The average Bonchev–Trinajstić information content (AvgIpc) is 2.87. The largest absolute Gasteiger partial charge is 0.345 e. The van der Waals surface area contributed by atoms with Crippen LogP contribution in [0.2, 0.25) is 0 Å². The molecule has 1 aliphatic rings. The van der Waals surface area contributed by atoms with Crippen molar-refractivity contribution < 1.29 is 4.79 Å². The third-order valence-corrected chi connectivity index (χ3v) is 2.62.